The lowest BCUT2D eigenvalue weighted by Gasteiger charge is -2.29. The molecule has 1 heterocycles. The van der Waals surface area contributed by atoms with Gasteiger partial charge in [0.1, 0.15) is 0 Å². The Morgan fingerprint density at radius 1 is 1.35 bits per heavy atom. The third-order valence-electron chi connectivity index (χ3n) is 4.20. The Hall–Kier alpha value is -1.08. The molecule has 0 amide bonds. The Labute approximate surface area is 125 Å². The normalized spacial score (nSPS) is 19.8. The highest BCUT2D eigenvalue weighted by atomic mass is 15.1. The molecule has 1 aliphatic heterocycles. The van der Waals surface area contributed by atoms with Crippen LogP contribution in [0.3, 0.4) is 0 Å². The van der Waals surface area contributed by atoms with E-state index in [9.17, 15) is 0 Å². The summed E-state index contributed by atoms with van der Waals surface area (Å²) in [6.45, 7) is 15.3. The molecule has 1 unspecified atom stereocenters. The molecular formula is C19H31N. The highest BCUT2D eigenvalue weighted by Gasteiger charge is 2.18. The van der Waals surface area contributed by atoms with Gasteiger partial charge < -0.3 is 4.90 Å². The van der Waals surface area contributed by atoms with Gasteiger partial charge >= 0.3 is 0 Å². The molecule has 1 aliphatic rings. The predicted molar refractivity (Wildman–Crippen MR) is 90.9 cm³/mol. The standard InChI is InChI=1S/C19H31N/c1-7-16(5)10-9-11-17(8-2)19-14-20(6)13-12-18(19)15(3)4/h9-11,16H,3,7-8,12-14H2,1-2,4-6H3/b10-9-,17-11+. The van der Waals surface area contributed by atoms with E-state index in [-0.39, 0.29) is 0 Å². The van der Waals surface area contributed by atoms with Crippen molar-refractivity contribution in [3.05, 3.63) is 47.1 Å². The molecule has 0 bridgehead atoms. The van der Waals surface area contributed by atoms with Gasteiger partial charge in [0.25, 0.3) is 0 Å². The van der Waals surface area contributed by atoms with Crippen LogP contribution in [-0.4, -0.2) is 25.0 Å². The fourth-order valence-corrected chi connectivity index (χ4v) is 2.59. The molecule has 0 N–H and O–H groups in total. The highest BCUT2D eigenvalue weighted by Crippen LogP contribution is 2.29. The Morgan fingerprint density at radius 3 is 2.60 bits per heavy atom. The van der Waals surface area contributed by atoms with Crippen LogP contribution in [0.4, 0.5) is 0 Å². The highest BCUT2D eigenvalue weighted by molar-refractivity contribution is 5.46. The van der Waals surface area contributed by atoms with E-state index in [1.807, 2.05) is 0 Å². The second-order valence-electron chi connectivity index (χ2n) is 6.04. The van der Waals surface area contributed by atoms with Crippen molar-refractivity contribution in [3.63, 3.8) is 0 Å². The van der Waals surface area contributed by atoms with Crippen molar-refractivity contribution in [2.75, 3.05) is 20.1 Å². The zero-order chi connectivity index (χ0) is 15.1. The van der Waals surface area contributed by atoms with Crippen LogP contribution in [-0.2, 0) is 0 Å². The van der Waals surface area contributed by atoms with E-state index in [2.05, 4.69) is 64.4 Å². The summed E-state index contributed by atoms with van der Waals surface area (Å²) in [5, 5.41) is 0. The van der Waals surface area contributed by atoms with Crippen molar-refractivity contribution in [1.82, 2.24) is 4.90 Å². The number of hydrogen-bond donors (Lipinski definition) is 0. The second kappa shape index (κ2) is 8.26. The predicted octanol–water partition coefficient (Wildman–Crippen LogP) is 5.13. The van der Waals surface area contributed by atoms with Crippen LogP contribution >= 0.6 is 0 Å². The van der Waals surface area contributed by atoms with Gasteiger partial charge in [-0.05, 0) is 49.5 Å². The number of hydrogen-bond acceptors (Lipinski definition) is 1. The third-order valence-corrected chi connectivity index (χ3v) is 4.20. The van der Waals surface area contributed by atoms with E-state index in [0.29, 0.717) is 5.92 Å². The lowest BCUT2D eigenvalue weighted by molar-refractivity contribution is 0.350. The van der Waals surface area contributed by atoms with Crippen LogP contribution in [0, 0.1) is 5.92 Å². The second-order valence-corrected chi connectivity index (χ2v) is 6.04. The first-order valence-corrected chi connectivity index (χ1v) is 7.93. The van der Waals surface area contributed by atoms with Crippen molar-refractivity contribution in [2.24, 2.45) is 5.92 Å². The van der Waals surface area contributed by atoms with E-state index in [4.69, 9.17) is 0 Å². The van der Waals surface area contributed by atoms with Gasteiger partial charge in [0.05, 0.1) is 0 Å². The molecule has 112 valence electrons. The van der Waals surface area contributed by atoms with E-state index in [1.165, 1.54) is 28.7 Å². The molecule has 1 nitrogen and oxygen atoms in total. The lowest BCUT2D eigenvalue weighted by atomic mass is 9.89. The minimum absolute atomic E-state index is 0.660. The van der Waals surface area contributed by atoms with Gasteiger partial charge in [-0.1, -0.05) is 57.6 Å². The van der Waals surface area contributed by atoms with Crippen LogP contribution in [0.15, 0.2) is 47.1 Å². The van der Waals surface area contributed by atoms with Gasteiger partial charge in [-0.15, -0.1) is 0 Å². The van der Waals surface area contributed by atoms with Crippen LogP contribution in [0.1, 0.15) is 47.0 Å². The van der Waals surface area contributed by atoms with E-state index < -0.39 is 0 Å². The maximum absolute atomic E-state index is 4.17. The molecule has 1 heteroatoms. The van der Waals surface area contributed by atoms with Crippen molar-refractivity contribution in [1.29, 1.82) is 0 Å². The number of nitrogens with zero attached hydrogens (tertiary/aromatic N) is 1. The molecule has 1 rings (SSSR count). The molecule has 0 saturated carbocycles. The first-order valence-electron chi connectivity index (χ1n) is 7.93. The molecule has 0 saturated heterocycles. The van der Waals surface area contributed by atoms with Crippen LogP contribution in [0.5, 0.6) is 0 Å². The van der Waals surface area contributed by atoms with Gasteiger partial charge in [-0.25, -0.2) is 0 Å². The quantitative estimate of drug-likeness (QED) is 0.606. The lowest BCUT2D eigenvalue weighted by Crippen LogP contribution is -2.28. The van der Waals surface area contributed by atoms with Gasteiger partial charge in [0.15, 0.2) is 0 Å². The molecule has 0 aromatic heterocycles. The fraction of sp³-hybridized carbons (Fsp3) is 0.579. The Kier molecular flexibility index (Phi) is 7.01. The summed E-state index contributed by atoms with van der Waals surface area (Å²) in [6, 6.07) is 0. The summed E-state index contributed by atoms with van der Waals surface area (Å²) in [4.78, 5) is 2.41. The van der Waals surface area contributed by atoms with Crippen LogP contribution in [0.25, 0.3) is 0 Å². The molecule has 20 heavy (non-hydrogen) atoms. The first kappa shape index (κ1) is 17.0. The molecular weight excluding hydrogens is 242 g/mol. The maximum atomic E-state index is 4.17. The average molecular weight is 273 g/mol. The molecule has 0 fully saturated rings. The SMILES string of the molecule is C=C(C)C1=C(/C(=C/C=C\C(C)CC)CC)CN(C)CC1. The van der Waals surface area contributed by atoms with Gasteiger partial charge in [0.2, 0.25) is 0 Å². The Morgan fingerprint density at radius 2 is 2.05 bits per heavy atom. The number of allylic oxidation sites excluding steroid dienone is 4. The average Bonchev–Trinajstić information content (AvgIpc) is 2.42. The van der Waals surface area contributed by atoms with Crippen molar-refractivity contribution in [3.8, 4) is 0 Å². The Balaban J connectivity index is 3.03. The summed E-state index contributed by atoms with van der Waals surface area (Å²) >= 11 is 0. The molecule has 0 spiro atoms. The van der Waals surface area contributed by atoms with E-state index in [0.717, 1.165) is 25.9 Å². The van der Waals surface area contributed by atoms with Crippen molar-refractivity contribution in [2.45, 2.75) is 47.0 Å². The Bertz CT molecular complexity index is 423. The molecule has 0 radical (unpaired) electrons. The monoisotopic (exact) mass is 273 g/mol. The fourth-order valence-electron chi connectivity index (χ4n) is 2.59. The zero-order valence-corrected chi connectivity index (χ0v) is 14.0. The first-order chi connectivity index (χ1) is 9.49. The number of rotatable bonds is 6. The smallest absolute Gasteiger partial charge is 0.0236 e. The van der Waals surface area contributed by atoms with E-state index in [1.54, 1.807) is 0 Å². The van der Waals surface area contributed by atoms with Crippen molar-refractivity contribution >= 4 is 0 Å². The maximum Gasteiger partial charge on any atom is 0.0236 e. The summed E-state index contributed by atoms with van der Waals surface area (Å²) in [5.74, 6) is 0.660. The topological polar surface area (TPSA) is 3.24 Å². The van der Waals surface area contributed by atoms with Crippen LogP contribution < -0.4 is 0 Å². The summed E-state index contributed by atoms with van der Waals surface area (Å²) < 4.78 is 0. The zero-order valence-electron chi connectivity index (χ0n) is 14.0. The minimum Gasteiger partial charge on any atom is -0.302 e. The minimum atomic E-state index is 0.660. The van der Waals surface area contributed by atoms with Gasteiger partial charge in [0, 0.05) is 13.1 Å². The summed E-state index contributed by atoms with van der Waals surface area (Å²) in [6.07, 6.45) is 10.3. The molecule has 1 atom stereocenters. The van der Waals surface area contributed by atoms with E-state index >= 15 is 0 Å². The summed E-state index contributed by atoms with van der Waals surface area (Å²) in [5.41, 5.74) is 5.68. The van der Waals surface area contributed by atoms with Crippen LogP contribution in [0.2, 0.25) is 0 Å². The third kappa shape index (κ3) is 4.79. The van der Waals surface area contributed by atoms with Gasteiger partial charge in [-0.3, -0.25) is 0 Å². The molecule has 0 aromatic rings. The number of likely N-dealkylation sites (N-methyl/N-ethyl adjacent to an activating group) is 1. The van der Waals surface area contributed by atoms with Crippen molar-refractivity contribution < 1.29 is 0 Å². The molecule has 0 aliphatic carbocycles. The van der Waals surface area contributed by atoms with Gasteiger partial charge in [-0.2, -0.15) is 0 Å². The molecule has 0 aromatic carbocycles. The summed E-state index contributed by atoms with van der Waals surface area (Å²) in [7, 11) is 2.21. The largest absolute Gasteiger partial charge is 0.302 e.